The molecular weight excluding hydrogens is 340 g/mol. The zero-order chi connectivity index (χ0) is 18.6. The molecule has 0 saturated carbocycles. The summed E-state index contributed by atoms with van der Waals surface area (Å²) in [5, 5.41) is 5.49. The maximum absolute atomic E-state index is 12.6. The molecule has 1 N–H and O–H groups in total. The van der Waals surface area contributed by atoms with E-state index in [4.69, 9.17) is 9.15 Å². The zero-order valence-electron chi connectivity index (χ0n) is 15.5. The molecule has 1 unspecified atom stereocenters. The van der Waals surface area contributed by atoms with Gasteiger partial charge in [0.25, 0.3) is 5.91 Å². The SMILES string of the molecule is CNCC1CCN(C(=O)c2ccc(COc3ccc4ccccc4c3)o2)C1. The van der Waals surface area contributed by atoms with Crippen LogP contribution in [0.3, 0.4) is 0 Å². The zero-order valence-corrected chi connectivity index (χ0v) is 15.5. The van der Waals surface area contributed by atoms with Crippen LogP contribution in [0, 0.1) is 5.92 Å². The Hall–Kier alpha value is -2.79. The topological polar surface area (TPSA) is 54.7 Å². The van der Waals surface area contributed by atoms with Gasteiger partial charge in [0.05, 0.1) is 0 Å². The van der Waals surface area contributed by atoms with Crippen molar-refractivity contribution in [3.8, 4) is 5.75 Å². The van der Waals surface area contributed by atoms with Crippen LogP contribution >= 0.6 is 0 Å². The van der Waals surface area contributed by atoms with Crippen LogP contribution in [0.2, 0.25) is 0 Å². The monoisotopic (exact) mass is 364 g/mol. The molecule has 3 aromatic rings. The number of hydrogen-bond donors (Lipinski definition) is 1. The van der Waals surface area contributed by atoms with Crippen molar-refractivity contribution >= 4 is 16.7 Å². The summed E-state index contributed by atoms with van der Waals surface area (Å²) in [6.07, 6.45) is 1.03. The van der Waals surface area contributed by atoms with Gasteiger partial charge in [-0.2, -0.15) is 0 Å². The summed E-state index contributed by atoms with van der Waals surface area (Å²) in [5.74, 6) is 2.30. The number of nitrogens with one attached hydrogen (secondary N) is 1. The number of carbonyl (C=O) groups is 1. The van der Waals surface area contributed by atoms with Crippen molar-refractivity contribution in [2.24, 2.45) is 5.92 Å². The van der Waals surface area contributed by atoms with Gasteiger partial charge in [-0.3, -0.25) is 4.79 Å². The molecule has 1 saturated heterocycles. The number of carbonyl (C=O) groups excluding carboxylic acids is 1. The predicted octanol–water partition coefficient (Wildman–Crippen LogP) is 3.69. The number of nitrogens with zero attached hydrogens (tertiary/aromatic N) is 1. The summed E-state index contributed by atoms with van der Waals surface area (Å²) < 4.78 is 11.6. The van der Waals surface area contributed by atoms with Crippen LogP contribution in [0.1, 0.15) is 22.7 Å². The molecule has 1 atom stereocenters. The lowest BCUT2D eigenvalue weighted by molar-refractivity contribution is 0.0751. The minimum Gasteiger partial charge on any atom is -0.486 e. The highest BCUT2D eigenvalue weighted by Gasteiger charge is 2.28. The van der Waals surface area contributed by atoms with Gasteiger partial charge < -0.3 is 19.4 Å². The van der Waals surface area contributed by atoms with Gasteiger partial charge in [0.15, 0.2) is 5.76 Å². The van der Waals surface area contributed by atoms with Crippen molar-refractivity contribution < 1.29 is 13.9 Å². The Bertz CT molecular complexity index is 934. The molecule has 1 amide bonds. The van der Waals surface area contributed by atoms with E-state index < -0.39 is 0 Å². The van der Waals surface area contributed by atoms with Crippen LogP contribution in [-0.4, -0.2) is 37.5 Å². The van der Waals surface area contributed by atoms with E-state index in [1.165, 1.54) is 5.39 Å². The van der Waals surface area contributed by atoms with E-state index in [1.807, 2.05) is 48.3 Å². The number of ether oxygens (including phenoxy) is 1. The van der Waals surface area contributed by atoms with Gasteiger partial charge in [-0.25, -0.2) is 0 Å². The van der Waals surface area contributed by atoms with Crippen molar-refractivity contribution in [3.63, 3.8) is 0 Å². The van der Waals surface area contributed by atoms with Gasteiger partial charge >= 0.3 is 0 Å². The van der Waals surface area contributed by atoms with Crippen molar-refractivity contribution in [1.29, 1.82) is 0 Å². The molecule has 1 aliphatic rings. The lowest BCUT2D eigenvalue weighted by Crippen LogP contribution is -2.30. The standard InChI is InChI=1S/C22H24N2O3/c1-23-13-16-10-11-24(14-16)22(25)21-9-8-20(27-21)15-26-19-7-6-17-4-2-3-5-18(17)12-19/h2-9,12,16,23H,10-11,13-15H2,1H3. The van der Waals surface area contributed by atoms with E-state index in [9.17, 15) is 4.79 Å². The molecule has 4 rings (SSSR count). The first-order valence-electron chi connectivity index (χ1n) is 9.37. The minimum atomic E-state index is -0.0365. The van der Waals surface area contributed by atoms with Crippen molar-refractivity contribution in [3.05, 3.63) is 66.1 Å². The molecule has 1 fully saturated rings. The van der Waals surface area contributed by atoms with E-state index in [0.29, 0.717) is 24.0 Å². The number of hydrogen-bond acceptors (Lipinski definition) is 4. The minimum absolute atomic E-state index is 0.0365. The Morgan fingerprint density at radius 3 is 2.89 bits per heavy atom. The molecule has 5 nitrogen and oxygen atoms in total. The van der Waals surface area contributed by atoms with Crippen LogP contribution in [0.4, 0.5) is 0 Å². The summed E-state index contributed by atoms with van der Waals surface area (Å²) in [5.41, 5.74) is 0. The average Bonchev–Trinajstić information content (AvgIpc) is 3.36. The molecule has 2 aromatic carbocycles. The highest BCUT2D eigenvalue weighted by atomic mass is 16.5. The van der Waals surface area contributed by atoms with Gasteiger partial charge in [-0.05, 0) is 61.0 Å². The number of amides is 1. The van der Waals surface area contributed by atoms with Gasteiger partial charge in [-0.15, -0.1) is 0 Å². The molecule has 1 aliphatic heterocycles. The largest absolute Gasteiger partial charge is 0.486 e. The van der Waals surface area contributed by atoms with Crippen LogP contribution in [0.5, 0.6) is 5.75 Å². The van der Waals surface area contributed by atoms with Crippen molar-refractivity contribution in [2.45, 2.75) is 13.0 Å². The molecule has 0 bridgehead atoms. The highest BCUT2D eigenvalue weighted by Crippen LogP contribution is 2.23. The first kappa shape index (κ1) is 17.6. The summed E-state index contributed by atoms with van der Waals surface area (Å²) >= 11 is 0. The van der Waals surface area contributed by atoms with Gasteiger partial charge in [-0.1, -0.05) is 30.3 Å². The van der Waals surface area contributed by atoms with E-state index in [-0.39, 0.29) is 5.91 Å². The Kier molecular flexibility index (Phi) is 5.12. The molecular formula is C22H24N2O3. The lowest BCUT2D eigenvalue weighted by atomic mass is 10.1. The molecule has 5 heteroatoms. The second kappa shape index (κ2) is 7.84. The van der Waals surface area contributed by atoms with Gasteiger partial charge in [0.2, 0.25) is 0 Å². The third kappa shape index (κ3) is 3.98. The van der Waals surface area contributed by atoms with Crippen LogP contribution in [0.15, 0.2) is 59.0 Å². The van der Waals surface area contributed by atoms with Crippen molar-refractivity contribution in [2.75, 3.05) is 26.7 Å². The molecule has 1 aromatic heterocycles. The molecule has 140 valence electrons. The lowest BCUT2D eigenvalue weighted by Gasteiger charge is -2.14. The van der Waals surface area contributed by atoms with E-state index in [1.54, 1.807) is 6.07 Å². The Balaban J connectivity index is 1.37. The molecule has 0 aliphatic carbocycles. The van der Waals surface area contributed by atoms with Crippen LogP contribution < -0.4 is 10.1 Å². The van der Waals surface area contributed by atoms with Gasteiger partial charge in [0.1, 0.15) is 18.1 Å². The Labute approximate surface area is 158 Å². The molecule has 2 heterocycles. The Morgan fingerprint density at radius 2 is 2.04 bits per heavy atom. The molecule has 0 radical (unpaired) electrons. The highest BCUT2D eigenvalue weighted by molar-refractivity contribution is 5.91. The summed E-state index contributed by atoms with van der Waals surface area (Å²) in [6.45, 7) is 2.80. The number of furan rings is 1. The average molecular weight is 364 g/mol. The van der Waals surface area contributed by atoms with Crippen LogP contribution in [0.25, 0.3) is 10.8 Å². The third-order valence-corrected chi connectivity index (χ3v) is 5.04. The maximum atomic E-state index is 12.6. The second-order valence-electron chi connectivity index (χ2n) is 7.03. The van der Waals surface area contributed by atoms with Crippen molar-refractivity contribution in [1.82, 2.24) is 10.2 Å². The van der Waals surface area contributed by atoms with E-state index in [0.717, 1.165) is 37.2 Å². The summed E-state index contributed by atoms with van der Waals surface area (Å²) in [4.78, 5) is 14.5. The molecule has 0 spiro atoms. The van der Waals surface area contributed by atoms with Crippen LogP contribution in [-0.2, 0) is 6.61 Å². The second-order valence-corrected chi connectivity index (χ2v) is 7.03. The number of likely N-dealkylation sites (tertiary alicyclic amines) is 1. The third-order valence-electron chi connectivity index (χ3n) is 5.04. The smallest absolute Gasteiger partial charge is 0.289 e. The summed E-state index contributed by atoms with van der Waals surface area (Å²) in [7, 11) is 1.94. The normalized spacial score (nSPS) is 16.8. The Morgan fingerprint density at radius 1 is 1.19 bits per heavy atom. The first-order chi connectivity index (χ1) is 13.2. The first-order valence-corrected chi connectivity index (χ1v) is 9.37. The van der Waals surface area contributed by atoms with Gasteiger partial charge in [0, 0.05) is 13.1 Å². The van der Waals surface area contributed by atoms with E-state index in [2.05, 4.69) is 17.4 Å². The number of rotatable bonds is 6. The number of fused-ring (bicyclic) bond motifs is 1. The fraction of sp³-hybridized carbons (Fsp3) is 0.318. The van der Waals surface area contributed by atoms with E-state index >= 15 is 0 Å². The predicted molar refractivity (Wildman–Crippen MR) is 105 cm³/mol. The number of benzene rings is 2. The quantitative estimate of drug-likeness (QED) is 0.725. The fourth-order valence-electron chi connectivity index (χ4n) is 3.61. The fourth-order valence-corrected chi connectivity index (χ4v) is 3.61. The molecule has 27 heavy (non-hydrogen) atoms. The summed E-state index contributed by atoms with van der Waals surface area (Å²) in [6, 6.07) is 17.7. The maximum Gasteiger partial charge on any atom is 0.289 e.